The quantitative estimate of drug-likeness (QED) is 0.584. The summed E-state index contributed by atoms with van der Waals surface area (Å²) in [5, 5.41) is 3.91. The molecule has 0 radical (unpaired) electrons. The Hall–Kier alpha value is -1.06. The van der Waals surface area contributed by atoms with Gasteiger partial charge >= 0.3 is 5.97 Å². The Balaban J connectivity index is 2.57. The highest BCUT2D eigenvalue weighted by Crippen LogP contribution is 2.18. The second-order valence-electron chi connectivity index (χ2n) is 4.52. The van der Waals surface area contributed by atoms with E-state index in [0.717, 1.165) is 18.5 Å². The molecule has 0 bridgehead atoms. The van der Waals surface area contributed by atoms with Crippen molar-refractivity contribution in [3.63, 3.8) is 0 Å². The van der Waals surface area contributed by atoms with Crippen molar-refractivity contribution in [2.24, 2.45) is 0 Å². The van der Waals surface area contributed by atoms with E-state index in [1.54, 1.807) is 12.1 Å². The monoisotopic (exact) mass is 283 g/mol. The summed E-state index contributed by atoms with van der Waals surface area (Å²) in [5.41, 5.74) is 0.881. The van der Waals surface area contributed by atoms with Crippen molar-refractivity contribution in [2.75, 3.05) is 13.7 Å². The first-order chi connectivity index (χ1) is 9.19. The molecule has 1 unspecified atom stereocenters. The Labute approximate surface area is 120 Å². The number of carbonyl (C=O) groups excluding carboxylic acids is 1. The van der Waals surface area contributed by atoms with Crippen LogP contribution in [0.3, 0.4) is 0 Å². The van der Waals surface area contributed by atoms with Crippen LogP contribution < -0.4 is 5.32 Å². The Bertz CT molecular complexity index is 378. The zero-order chi connectivity index (χ0) is 14.1. The highest BCUT2D eigenvalue weighted by atomic mass is 35.5. The second-order valence-corrected chi connectivity index (χ2v) is 4.96. The summed E-state index contributed by atoms with van der Waals surface area (Å²) in [7, 11) is 1.41. The number of benzene rings is 1. The van der Waals surface area contributed by atoms with Crippen molar-refractivity contribution >= 4 is 17.6 Å². The number of carbonyl (C=O) groups is 1. The van der Waals surface area contributed by atoms with Gasteiger partial charge in [0.2, 0.25) is 0 Å². The summed E-state index contributed by atoms with van der Waals surface area (Å²) in [4.78, 5) is 11.8. The number of esters is 1. The molecule has 0 fully saturated rings. The van der Waals surface area contributed by atoms with Crippen molar-refractivity contribution in [2.45, 2.75) is 38.6 Å². The Morgan fingerprint density at radius 3 is 2.53 bits per heavy atom. The van der Waals surface area contributed by atoms with E-state index in [9.17, 15) is 4.79 Å². The van der Waals surface area contributed by atoms with Crippen LogP contribution in [0.1, 0.15) is 44.2 Å². The first-order valence-electron chi connectivity index (χ1n) is 6.75. The van der Waals surface area contributed by atoms with Gasteiger partial charge in [-0.2, -0.15) is 0 Å². The molecule has 0 aliphatic heterocycles. The van der Waals surface area contributed by atoms with Crippen LogP contribution in [0.4, 0.5) is 0 Å². The normalized spacial score (nSPS) is 12.2. The lowest BCUT2D eigenvalue weighted by atomic mass is 10.1. The highest BCUT2D eigenvalue weighted by Gasteiger charge is 2.20. The van der Waals surface area contributed by atoms with E-state index in [1.165, 1.54) is 26.4 Å². The van der Waals surface area contributed by atoms with E-state index in [-0.39, 0.29) is 5.97 Å². The predicted octanol–water partition coefficient (Wildman–Crippen LogP) is 3.72. The fraction of sp³-hybridized carbons (Fsp3) is 0.533. The standard InChI is InChI=1S/C15H22ClNO2/c1-3-4-5-6-11-17-14(15(18)19-2)12-7-9-13(16)10-8-12/h7-10,14,17H,3-6,11H2,1-2H3. The third-order valence-corrected chi connectivity index (χ3v) is 3.27. The van der Waals surface area contributed by atoms with E-state index in [1.807, 2.05) is 12.1 Å². The van der Waals surface area contributed by atoms with Gasteiger partial charge in [0.25, 0.3) is 0 Å². The van der Waals surface area contributed by atoms with Crippen molar-refractivity contribution in [1.82, 2.24) is 5.32 Å². The maximum atomic E-state index is 11.8. The Kier molecular flexibility index (Phi) is 7.53. The third-order valence-electron chi connectivity index (χ3n) is 3.02. The van der Waals surface area contributed by atoms with Gasteiger partial charge in [-0.25, -0.2) is 4.79 Å². The lowest BCUT2D eigenvalue weighted by Gasteiger charge is -2.17. The predicted molar refractivity (Wildman–Crippen MR) is 78.4 cm³/mol. The fourth-order valence-corrected chi connectivity index (χ4v) is 2.03. The molecule has 1 aromatic rings. The topological polar surface area (TPSA) is 38.3 Å². The van der Waals surface area contributed by atoms with Crippen LogP contribution in [0, 0.1) is 0 Å². The maximum absolute atomic E-state index is 11.8. The number of rotatable bonds is 8. The largest absolute Gasteiger partial charge is 0.468 e. The van der Waals surface area contributed by atoms with E-state index < -0.39 is 6.04 Å². The molecule has 0 aliphatic rings. The molecule has 0 heterocycles. The summed E-state index contributed by atoms with van der Waals surface area (Å²) in [5.74, 6) is -0.266. The smallest absolute Gasteiger partial charge is 0.327 e. The Morgan fingerprint density at radius 1 is 1.26 bits per heavy atom. The van der Waals surface area contributed by atoms with E-state index in [0.29, 0.717) is 5.02 Å². The average molecular weight is 284 g/mol. The first-order valence-corrected chi connectivity index (χ1v) is 7.13. The molecular formula is C15H22ClNO2. The van der Waals surface area contributed by atoms with Crippen molar-refractivity contribution in [1.29, 1.82) is 0 Å². The average Bonchev–Trinajstić information content (AvgIpc) is 2.43. The van der Waals surface area contributed by atoms with Gasteiger partial charge < -0.3 is 10.1 Å². The van der Waals surface area contributed by atoms with Gasteiger partial charge in [0.05, 0.1) is 7.11 Å². The molecule has 1 rings (SSSR count). The zero-order valence-electron chi connectivity index (χ0n) is 11.6. The molecule has 106 valence electrons. The second kappa shape index (κ2) is 8.94. The number of ether oxygens (including phenoxy) is 1. The summed E-state index contributed by atoms with van der Waals surface area (Å²) in [6.45, 7) is 2.99. The number of hydrogen-bond acceptors (Lipinski definition) is 3. The highest BCUT2D eigenvalue weighted by molar-refractivity contribution is 6.30. The number of unbranched alkanes of at least 4 members (excludes halogenated alkanes) is 3. The number of hydrogen-bond donors (Lipinski definition) is 1. The molecule has 0 aromatic heterocycles. The van der Waals surface area contributed by atoms with Gasteiger partial charge in [-0.15, -0.1) is 0 Å². The summed E-state index contributed by atoms with van der Waals surface area (Å²) < 4.78 is 4.84. The molecular weight excluding hydrogens is 262 g/mol. The molecule has 0 spiro atoms. The molecule has 1 aromatic carbocycles. The minimum atomic E-state index is -0.413. The van der Waals surface area contributed by atoms with Crippen LogP contribution in [0.15, 0.2) is 24.3 Å². The molecule has 0 aliphatic carbocycles. The van der Waals surface area contributed by atoms with Gasteiger partial charge in [-0.1, -0.05) is 49.9 Å². The molecule has 0 saturated carbocycles. The molecule has 4 heteroatoms. The number of methoxy groups -OCH3 is 1. The van der Waals surface area contributed by atoms with E-state index >= 15 is 0 Å². The number of nitrogens with one attached hydrogen (secondary N) is 1. The lowest BCUT2D eigenvalue weighted by molar-refractivity contribution is -0.143. The maximum Gasteiger partial charge on any atom is 0.327 e. The van der Waals surface area contributed by atoms with E-state index in [4.69, 9.17) is 16.3 Å². The van der Waals surface area contributed by atoms with Gasteiger partial charge in [-0.3, -0.25) is 0 Å². The summed E-state index contributed by atoms with van der Waals surface area (Å²) in [6.07, 6.45) is 4.68. The Morgan fingerprint density at radius 2 is 1.95 bits per heavy atom. The minimum absolute atomic E-state index is 0.266. The SMILES string of the molecule is CCCCCCNC(C(=O)OC)c1ccc(Cl)cc1. The number of halogens is 1. The van der Waals surface area contributed by atoms with Gasteiger partial charge in [-0.05, 0) is 30.7 Å². The van der Waals surface area contributed by atoms with Gasteiger partial charge in [0, 0.05) is 5.02 Å². The van der Waals surface area contributed by atoms with Crippen molar-refractivity contribution < 1.29 is 9.53 Å². The van der Waals surface area contributed by atoms with Crippen LogP contribution in [0.25, 0.3) is 0 Å². The van der Waals surface area contributed by atoms with Crippen LogP contribution in [0.2, 0.25) is 5.02 Å². The van der Waals surface area contributed by atoms with E-state index in [2.05, 4.69) is 12.2 Å². The third kappa shape index (κ3) is 5.62. The van der Waals surface area contributed by atoms with Gasteiger partial charge in [0.15, 0.2) is 0 Å². The first kappa shape index (κ1) is 16.0. The molecule has 0 amide bonds. The summed E-state index contributed by atoms with van der Waals surface area (Å²) in [6, 6.07) is 6.85. The minimum Gasteiger partial charge on any atom is -0.468 e. The van der Waals surface area contributed by atoms with Crippen LogP contribution in [0.5, 0.6) is 0 Å². The molecule has 19 heavy (non-hydrogen) atoms. The van der Waals surface area contributed by atoms with Crippen molar-refractivity contribution in [3.05, 3.63) is 34.9 Å². The molecule has 1 atom stereocenters. The lowest BCUT2D eigenvalue weighted by Crippen LogP contribution is -2.30. The molecule has 3 nitrogen and oxygen atoms in total. The zero-order valence-corrected chi connectivity index (χ0v) is 12.4. The van der Waals surface area contributed by atoms with Crippen LogP contribution in [-0.4, -0.2) is 19.6 Å². The van der Waals surface area contributed by atoms with Gasteiger partial charge in [0.1, 0.15) is 6.04 Å². The summed E-state index contributed by atoms with van der Waals surface area (Å²) >= 11 is 5.85. The van der Waals surface area contributed by atoms with Crippen LogP contribution >= 0.6 is 11.6 Å². The van der Waals surface area contributed by atoms with Crippen molar-refractivity contribution in [3.8, 4) is 0 Å². The molecule has 1 N–H and O–H groups in total. The fourth-order valence-electron chi connectivity index (χ4n) is 1.91. The van der Waals surface area contributed by atoms with Crippen LogP contribution in [-0.2, 0) is 9.53 Å². The molecule has 0 saturated heterocycles.